The highest BCUT2D eigenvalue weighted by Crippen LogP contribution is 2.19. The molecule has 0 heterocycles. The third-order valence-corrected chi connectivity index (χ3v) is 3.33. The van der Waals surface area contributed by atoms with E-state index in [1.54, 1.807) is 12.1 Å². The Labute approximate surface area is 130 Å². The molecule has 1 unspecified atom stereocenters. The maximum atomic E-state index is 11.7. The summed E-state index contributed by atoms with van der Waals surface area (Å²) in [4.78, 5) is 10.7. The van der Waals surface area contributed by atoms with Gasteiger partial charge in [0.05, 0.1) is 6.61 Å². The number of aliphatic carboxylic acids is 1. The van der Waals surface area contributed by atoms with E-state index in [2.05, 4.69) is 0 Å². The van der Waals surface area contributed by atoms with Crippen molar-refractivity contribution >= 4 is 16.4 Å². The Morgan fingerprint density at radius 1 is 1.27 bits per heavy atom. The Balaban J connectivity index is 2.65. The van der Waals surface area contributed by atoms with Crippen LogP contribution in [-0.4, -0.2) is 32.1 Å². The highest BCUT2D eigenvalue weighted by molar-refractivity contribution is 7.82. The number of rotatable bonds is 7. The number of carbonyl (C=O) groups is 1. The summed E-state index contributed by atoms with van der Waals surface area (Å²) in [6, 6.07) is 4.93. The average molecular weight is 331 g/mol. The molecule has 0 saturated carbocycles. The van der Waals surface area contributed by atoms with Gasteiger partial charge in [-0.05, 0) is 29.5 Å². The molecule has 0 bridgehead atoms. The molecule has 1 atom stereocenters. The van der Waals surface area contributed by atoms with Gasteiger partial charge in [0.2, 0.25) is 0 Å². The molecule has 124 valence electrons. The minimum atomic E-state index is -4.14. The van der Waals surface area contributed by atoms with Crippen LogP contribution in [0.25, 0.3) is 0 Å². The first-order valence-corrected chi connectivity index (χ1v) is 7.98. The molecule has 0 aromatic heterocycles. The van der Waals surface area contributed by atoms with E-state index in [4.69, 9.17) is 19.2 Å². The van der Waals surface area contributed by atoms with Gasteiger partial charge in [0.15, 0.2) is 0 Å². The Bertz CT molecular complexity index is 603. The molecule has 1 rings (SSSR count). The predicted molar refractivity (Wildman–Crippen MR) is 80.7 cm³/mol. The zero-order valence-electron chi connectivity index (χ0n) is 12.8. The van der Waals surface area contributed by atoms with Gasteiger partial charge in [0, 0.05) is 0 Å². The van der Waals surface area contributed by atoms with E-state index in [1.807, 2.05) is 20.8 Å². The standard InChI is InChI=1S/C14H21NO6S/c1-14(2,3)9-20-22(18,19)21-11-6-4-10(5-7-11)8-12(15)13(16)17/h4-7,12H,8-9,15H2,1-3H3,(H,16,17). The third kappa shape index (κ3) is 6.88. The Hall–Kier alpha value is -1.64. The molecular weight excluding hydrogens is 310 g/mol. The van der Waals surface area contributed by atoms with Crippen LogP contribution >= 0.6 is 0 Å². The second-order valence-electron chi connectivity index (χ2n) is 6.11. The summed E-state index contributed by atoms with van der Waals surface area (Å²) in [5.41, 5.74) is 5.77. The fourth-order valence-corrected chi connectivity index (χ4v) is 2.31. The fourth-order valence-electron chi connectivity index (χ4n) is 1.41. The molecule has 0 aliphatic carbocycles. The van der Waals surface area contributed by atoms with Crippen molar-refractivity contribution in [2.45, 2.75) is 33.2 Å². The Morgan fingerprint density at radius 2 is 1.82 bits per heavy atom. The van der Waals surface area contributed by atoms with Crippen LogP contribution in [0.3, 0.4) is 0 Å². The van der Waals surface area contributed by atoms with E-state index < -0.39 is 22.4 Å². The molecular formula is C14H21NO6S. The molecule has 0 saturated heterocycles. The topological polar surface area (TPSA) is 116 Å². The molecule has 0 aliphatic heterocycles. The van der Waals surface area contributed by atoms with Crippen LogP contribution < -0.4 is 9.92 Å². The van der Waals surface area contributed by atoms with Crippen LogP contribution in [0.5, 0.6) is 5.75 Å². The van der Waals surface area contributed by atoms with Crippen molar-refractivity contribution in [3.8, 4) is 5.75 Å². The van der Waals surface area contributed by atoms with Crippen molar-refractivity contribution in [3.63, 3.8) is 0 Å². The second kappa shape index (κ2) is 7.08. The molecule has 0 radical (unpaired) electrons. The molecule has 22 heavy (non-hydrogen) atoms. The summed E-state index contributed by atoms with van der Waals surface area (Å²) in [6.45, 7) is 5.51. The lowest BCUT2D eigenvalue weighted by Crippen LogP contribution is -2.32. The van der Waals surface area contributed by atoms with Gasteiger partial charge in [0.1, 0.15) is 11.8 Å². The molecule has 0 aliphatic rings. The van der Waals surface area contributed by atoms with Crippen molar-refractivity contribution in [2.24, 2.45) is 11.1 Å². The van der Waals surface area contributed by atoms with Crippen molar-refractivity contribution in [2.75, 3.05) is 6.61 Å². The quantitative estimate of drug-likeness (QED) is 0.774. The largest absolute Gasteiger partial charge is 0.480 e. The summed E-state index contributed by atoms with van der Waals surface area (Å²) in [5, 5.41) is 8.73. The summed E-state index contributed by atoms with van der Waals surface area (Å²) in [7, 11) is -4.14. The van der Waals surface area contributed by atoms with Crippen molar-refractivity contribution in [1.29, 1.82) is 0 Å². The Kier molecular flexibility index (Phi) is 5.92. The van der Waals surface area contributed by atoms with Gasteiger partial charge in [-0.15, -0.1) is 0 Å². The summed E-state index contributed by atoms with van der Waals surface area (Å²) in [6.07, 6.45) is 0.142. The first-order chi connectivity index (χ1) is 9.98. The van der Waals surface area contributed by atoms with Crippen molar-refractivity contribution < 1.29 is 26.7 Å². The number of hydrogen-bond acceptors (Lipinski definition) is 6. The summed E-state index contributed by atoms with van der Waals surface area (Å²) in [5.74, 6) is -1.01. The van der Waals surface area contributed by atoms with Gasteiger partial charge in [-0.3, -0.25) is 4.79 Å². The minimum absolute atomic E-state index is 0.000875. The monoisotopic (exact) mass is 331 g/mol. The van der Waals surface area contributed by atoms with Gasteiger partial charge in [-0.1, -0.05) is 32.9 Å². The fraction of sp³-hybridized carbons (Fsp3) is 0.500. The molecule has 7 nitrogen and oxygen atoms in total. The van der Waals surface area contributed by atoms with E-state index in [0.29, 0.717) is 5.56 Å². The first-order valence-electron chi connectivity index (χ1n) is 6.65. The van der Waals surface area contributed by atoms with Crippen LogP contribution in [0.15, 0.2) is 24.3 Å². The van der Waals surface area contributed by atoms with E-state index in [0.717, 1.165) is 0 Å². The summed E-state index contributed by atoms with van der Waals surface area (Å²) < 4.78 is 32.9. The molecule has 0 spiro atoms. The van der Waals surface area contributed by atoms with E-state index in [9.17, 15) is 13.2 Å². The maximum Gasteiger partial charge on any atom is 0.449 e. The highest BCUT2D eigenvalue weighted by atomic mass is 32.3. The second-order valence-corrected chi connectivity index (χ2v) is 7.33. The maximum absolute atomic E-state index is 11.7. The van der Waals surface area contributed by atoms with Crippen LogP contribution in [0, 0.1) is 5.41 Å². The van der Waals surface area contributed by atoms with Crippen molar-refractivity contribution in [1.82, 2.24) is 0 Å². The van der Waals surface area contributed by atoms with Gasteiger partial charge >= 0.3 is 16.4 Å². The third-order valence-electron chi connectivity index (χ3n) is 2.53. The van der Waals surface area contributed by atoms with E-state index >= 15 is 0 Å². The smallest absolute Gasteiger partial charge is 0.449 e. The van der Waals surface area contributed by atoms with Crippen LogP contribution in [0.2, 0.25) is 0 Å². The zero-order chi connectivity index (χ0) is 17.0. The molecule has 3 N–H and O–H groups in total. The van der Waals surface area contributed by atoms with E-state index in [-0.39, 0.29) is 24.2 Å². The number of nitrogens with two attached hydrogens (primary N) is 1. The van der Waals surface area contributed by atoms with Gasteiger partial charge in [-0.2, -0.15) is 8.42 Å². The van der Waals surface area contributed by atoms with Gasteiger partial charge in [0.25, 0.3) is 0 Å². The SMILES string of the molecule is CC(C)(C)COS(=O)(=O)Oc1ccc(CC(N)C(=O)O)cc1. The number of hydrogen-bond donors (Lipinski definition) is 2. The van der Waals surface area contributed by atoms with Gasteiger partial charge in [-0.25, -0.2) is 4.18 Å². The number of benzene rings is 1. The number of carboxylic acid groups (broad SMARTS) is 1. The lowest BCUT2D eigenvalue weighted by molar-refractivity contribution is -0.138. The molecule has 8 heteroatoms. The van der Waals surface area contributed by atoms with Crippen LogP contribution in [0.1, 0.15) is 26.3 Å². The van der Waals surface area contributed by atoms with Crippen LogP contribution in [0.4, 0.5) is 0 Å². The Morgan fingerprint density at radius 3 is 2.27 bits per heavy atom. The average Bonchev–Trinajstić information content (AvgIpc) is 2.38. The predicted octanol–water partition coefficient (Wildman–Crippen LogP) is 1.33. The van der Waals surface area contributed by atoms with Crippen molar-refractivity contribution in [3.05, 3.63) is 29.8 Å². The summed E-state index contributed by atoms with van der Waals surface area (Å²) >= 11 is 0. The van der Waals surface area contributed by atoms with Gasteiger partial charge < -0.3 is 15.0 Å². The normalized spacial score (nSPS) is 13.6. The number of carboxylic acids is 1. The molecule has 0 fully saturated rings. The lowest BCUT2D eigenvalue weighted by atomic mass is 9.99. The first kappa shape index (κ1) is 18.4. The molecule has 1 aromatic carbocycles. The van der Waals surface area contributed by atoms with Crippen LogP contribution in [-0.2, 0) is 25.8 Å². The minimum Gasteiger partial charge on any atom is -0.480 e. The molecule has 1 aromatic rings. The van der Waals surface area contributed by atoms with E-state index in [1.165, 1.54) is 12.1 Å². The lowest BCUT2D eigenvalue weighted by Gasteiger charge is -2.17. The molecule has 0 amide bonds. The highest BCUT2D eigenvalue weighted by Gasteiger charge is 2.20. The zero-order valence-corrected chi connectivity index (χ0v) is 13.6.